The molecule has 2 rings (SSSR count). The molecule has 1 N–H and O–H groups in total. The molecule has 4 nitrogen and oxygen atoms in total. The summed E-state index contributed by atoms with van der Waals surface area (Å²) >= 11 is 5.95. The Balaban J connectivity index is 2.14. The van der Waals surface area contributed by atoms with Crippen molar-refractivity contribution in [2.24, 2.45) is 0 Å². The molecule has 2 aromatic rings. The molecule has 0 atom stereocenters. The Kier molecular flexibility index (Phi) is 4.82. The number of aromatic nitrogens is 1. The van der Waals surface area contributed by atoms with E-state index in [0.29, 0.717) is 11.7 Å². The summed E-state index contributed by atoms with van der Waals surface area (Å²) < 4.78 is 5.13. The molecular weight excluding hydrogens is 276 g/mol. The van der Waals surface area contributed by atoms with E-state index >= 15 is 0 Å². The van der Waals surface area contributed by atoms with Gasteiger partial charge >= 0.3 is 0 Å². The van der Waals surface area contributed by atoms with Gasteiger partial charge in [-0.1, -0.05) is 23.7 Å². The number of aliphatic hydroxyl groups is 1. The maximum atomic E-state index is 9.20. The molecule has 0 saturated carbocycles. The van der Waals surface area contributed by atoms with Crippen molar-refractivity contribution < 1.29 is 9.84 Å². The highest BCUT2D eigenvalue weighted by atomic mass is 35.5. The summed E-state index contributed by atoms with van der Waals surface area (Å²) in [5.41, 5.74) is 1.89. The van der Waals surface area contributed by atoms with Gasteiger partial charge in [-0.25, -0.2) is 4.98 Å². The molecule has 0 aliphatic heterocycles. The van der Waals surface area contributed by atoms with Gasteiger partial charge in [0.1, 0.15) is 16.7 Å². The van der Waals surface area contributed by atoms with Gasteiger partial charge in [0.25, 0.3) is 0 Å². The number of ether oxygens (including phenoxy) is 1. The maximum Gasteiger partial charge on any atom is 0.131 e. The summed E-state index contributed by atoms with van der Waals surface area (Å²) in [7, 11) is 3.58. The number of hydrogen-bond donors (Lipinski definition) is 1. The molecule has 1 aromatic carbocycles. The van der Waals surface area contributed by atoms with Crippen molar-refractivity contribution >= 4 is 17.4 Å². The van der Waals surface area contributed by atoms with Crippen LogP contribution in [0.1, 0.15) is 11.1 Å². The van der Waals surface area contributed by atoms with Gasteiger partial charge in [-0.15, -0.1) is 0 Å². The Morgan fingerprint density at radius 1 is 1.20 bits per heavy atom. The average molecular weight is 293 g/mol. The van der Waals surface area contributed by atoms with Crippen molar-refractivity contribution in [1.82, 2.24) is 4.98 Å². The van der Waals surface area contributed by atoms with Crippen molar-refractivity contribution in [1.29, 1.82) is 0 Å². The number of methoxy groups -OCH3 is 1. The zero-order valence-electron chi connectivity index (χ0n) is 11.5. The summed E-state index contributed by atoms with van der Waals surface area (Å²) in [6, 6.07) is 11.4. The minimum Gasteiger partial charge on any atom is -0.497 e. The topological polar surface area (TPSA) is 45.6 Å². The molecule has 106 valence electrons. The van der Waals surface area contributed by atoms with Gasteiger partial charge in [0.15, 0.2) is 0 Å². The molecule has 0 spiro atoms. The van der Waals surface area contributed by atoms with Gasteiger partial charge < -0.3 is 14.7 Å². The Morgan fingerprint density at radius 2 is 1.90 bits per heavy atom. The third kappa shape index (κ3) is 3.62. The average Bonchev–Trinajstić information content (AvgIpc) is 2.47. The van der Waals surface area contributed by atoms with Gasteiger partial charge in [0, 0.05) is 13.6 Å². The molecule has 0 amide bonds. The number of pyridine rings is 1. The van der Waals surface area contributed by atoms with Crippen LogP contribution >= 0.6 is 11.6 Å². The molecular formula is C15H17ClN2O2. The van der Waals surface area contributed by atoms with Gasteiger partial charge in [-0.05, 0) is 35.4 Å². The lowest BCUT2D eigenvalue weighted by Crippen LogP contribution is -2.18. The normalized spacial score (nSPS) is 10.4. The highest BCUT2D eigenvalue weighted by molar-refractivity contribution is 6.29. The molecule has 0 unspecified atom stereocenters. The van der Waals surface area contributed by atoms with Crippen molar-refractivity contribution in [3.63, 3.8) is 0 Å². The number of halogens is 1. The monoisotopic (exact) mass is 292 g/mol. The second-order valence-electron chi connectivity index (χ2n) is 4.52. The van der Waals surface area contributed by atoms with Gasteiger partial charge in [0.05, 0.1) is 13.7 Å². The molecule has 0 bridgehead atoms. The Bertz CT molecular complexity index is 573. The zero-order valence-corrected chi connectivity index (χ0v) is 12.3. The van der Waals surface area contributed by atoms with E-state index in [9.17, 15) is 5.11 Å². The summed E-state index contributed by atoms with van der Waals surface area (Å²) in [5, 5.41) is 9.58. The zero-order chi connectivity index (χ0) is 14.5. The van der Waals surface area contributed by atoms with Gasteiger partial charge in [-0.2, -0.15) is 0 Å². The van der Waals surface area contributed by atoms with E-state index in [0.717, 1.165) is 22.7 Å². The van der Waals surface area contributed by atoms with Crippen molar-refractivity contribution in [2.75, 3.05) is 19.1 Å². The maximum absolute atomic E-state index is 9.20. The third-order valence-corrected chi connectivity index (χ3v) is 3.19. The fraction of sp³-hybridized carbons (Fsp3) is 0.267. The van der Waals surface area contributed by atoms with E-state index < -0.39 is 0 Å². The number of hydrogen-bond acceptors (Lipinski definition) is 4. The summed E-state index contributed by atoms with van der Waals surface area (Å²) in [4.78, 5) is 6.25. The fourth-order valence-corrected chi connectivity index (χ4v) is 2.13. The second kappa shape index (κ2) is 6.59. The van der Waals surface area contributed by atoms with E-state index in [1.165, 1.54) is 0 Å². The summed E-state index contributed by atoms with van der Waals surface area (Å²) in [5.74, 6) is 1.57. The van der Waals surface area contributed by atoms with Gasteiger partial charge in [-0.3, -0.25) is 0 Å². The van der Waals surface area contributed by atoms with Crippen LogP contribution in [0, 0.1) is 0 Å². The Labute approximate surface area is 123 Å². The number of benzene rings is 1. The lowest BCUT2D eigenvalue weighted by molar-refractivity contribution is 0.281. The van der Waals surface area contributed by atoms with Crippen molar-refractivity contribution in [3.05, 3.63) is 52.7 Å². The number of nitrogens with zero attached hydrogens (tertiary/aromatic N) is 2. The van der Waals surface area contributed by atoms with Crippen LogP contribution in [0.25, 0.3) is 0 Å². The lowest BCUT2D eigenvalue weighted by atomic mass is 10.2. The largest absolute Gasteiger partial charge is 0.497 e. The van der Waals surface area contributed by atoms with Crippen molar-refractivity contribution in [2.45, 2.75) is 13.2 Å². The summed E-state index contributed by atoms with van der Waals surface area (Å²) in [6.07, 6.45) is 0. The van der Waals surface area contributed by atoms with Crippen LogP contribution in [-0.2, 0) is 13.2 Å². The minimum atomic E-state index is -0.0500. The Morgan fingerprint density at radius 3 is 2.50 bits per heavy atom. The molecule has 0 aliphatic rings. The molecule has 0 radical (unpaired) electrons. The lowest BCUT2D eigenvalue weighted by Gasteiger charge is -2.19. The van der Waals surface area contributed by atoms with E-state index in [1.54, 1.807) is 13.2 Å². The standard InChI is InChI=1S/C15H17ClN2O2/c1-18(9-11-3-5-13(20-2)6-4-11)15-8-12(10-19)7-14(16)17-15/h3-8,19H,9-10H2,1-2H3. The third-order valence-electron chi connectivity index (χ3n) is 2.99. The highest BCUT2D eigenvalue weighted by Gasteiger charge is 2.07. The molecule has 0 saturated heterocycles. The molecule has 1 aromatic heterocycles. The van der Waals surface area contributed by atoms with Crippen molar-refractivity contribution in [3.8, 4) is 5.75 Å². The van der Waals surface area contributed by atoms with Crippen LogP contribution < -0.4 is 9.64 Å². The van der Waals surface area contributed by atoms with Crippen LogP contribution in [0.2, 0.25) is 5.15 Å². The number of rotatable bonds is 5. The minimum absolute atomic E-state index is 0.0500. The molecule has 20 heavy (non-hydrogen) atoms. The quantitative estimate of drug-likeness (QED) is 0.861. The summed E-state index contributed by atoms with van der Waals surface area (Å²) in [6.45, 7) is 0.647. The SMILES string of the molecule is COc1ccc(CN(C)c2cc(CO)cc(Cl)n2)cc1. The van der Waals surface area contributed by atoms with E-state index in [-0.39, 0.29) is 6.61 Å². The van der Waals surface area contributed by atoms with Crippen LogP contribution in [0.5, 0.6) is 5.75 Å². The first-order chi connectivity index (χ1) is 9.62. The van der Waals surface area contributed by atoms with Crippen LogP contribution in [0.15, 0.2) is 36.4 Å². The second-order valence-corrected chi connectivity index (χ2v) is 4.91. The van der Waals surface area contributed by atoms with E-state index in [1.807, 2.05) is 42.3 Å². The molecule has 1 heterocycles. The van der Waals surface area contributed by atoms with E-state index in [4.69, 9.17) is 16.3 Å². The van der Waals surface area contributed by atoms with Crippen LogP contribution in [-0.4, -0.2) is 24.2 Å². The first kappa shape index (κ1) is 14.6. The predicted molar refractivity (Wildman–Crippen MR) is 80.3 cm³/mol. The first-order valence-corrected chi connectivity index (χ1v) is 6.61. The van der Waals surface area contributed by atoms with Crippen LogP contribution in [0.4, 0.5) is 5.82 Å². The molecule has 0 aliphatic carbocycles. The van der Waals surface area contributed by atoms with E-state index in [2.05, 4.69) is 4.98 Å². The highest BCUT2D eigenvalue weighted by Crippen LogP contribution is 2.20. The smallest absolute Gasteiger partial charge is 0.131 e. The molecule has 5 heteroatoms. The molecule has 0 fully saturated rings. The Hall–Kier alpha value is -1.78. The number of aliphatic hydroxyl groups excluding tert-OH is 1. The van der Waals surface area contributed by atoms with Crippen LogP contribution in [0.3, 0.4) is 0 Å². The van der Waals surface area contributed by atoms with Gasteiger partial charge in [0.2, 0.25) is 0 Å². The fourth-order valence-electron chi connectivity index (χ4n) is 1.91. The number of anilines is 1. The first-order valence-electron chi connectivity index (χ1n) is 6.24. The predicted octanol–water partition coefficient (Wildman–Crippen LogP) is 2.87.